The number of hydrogen-bond acceptors (Lipinski definition) is 0. The van der Waals surface area contributed by atoms with Crippen molar-refractivity contribution in [3.05, 3.63) is 11.4 Å². The number of hydrogen-bond donors (Lipinski definition) is 0. The van der Waals surface area contributed by atoms with Crippen molar-refractivity contribution in [3.8, 4) is 0 Å². The smallest absolute Gasteiger partial charge is 0.204 e. The fraction of sp³-hybridized carbons (Fsp3) is 0.750. The Morgan fingerprint density at radius 3 is 1.23 bits per heavy atom. The zero-order chi connectivity index (χ0) is 18.2. The van der Waals surface area contributed by atoms with Crippen LogP contribution in [-0.4, -0.2) is 35.8 Å². The summed E-state index contributed by atoms with van der Waals surface area (Å²) in [6.07, 6.45) is -7.22. The first-order chi connectivity index (χ1) is 9.28. The zero-order valence-corrected chi connectivity index (χ0v) is 9.29. The van der Waals surface area contributed by atoms with Crippen molar-refractivity contribution in [1.29, 1.82) is 0 Å². The molecular weight excluding hydrogens is 362 g/mol. The van der Waals surface area contributed by atoms with Crippen molar-refractivity contribution in [2.75, 3.05) is 0 Å². The van der Waals surface area contributed by atoms with E-state index in [4.69, 9.17) is 0 Å². The lowest BCUT2D eigenvalue weighted by atomic mass is 9.82. The summed E-state index contributed by atoms with van der Waals surface area (Å²) in [5.74, 6) is -40.8. The molecule has 0 nitrogen and oxygen atoms in total. The van der Waals surface area contributed by atoms with Crippen molar-refractivity contribution < 1.29 is 61.5 Å². The largest absolute Gasteiger partial charge is 0.458 e. The minimum atomic E-state index is -7.41. The predicted molar refractivity (Wildman–Crippen MR) is 38.9 cm³/mol. The van der Waals surface area contributed by atoms with E-state index in [9.17, 15) is 61.5 Å². The second-order valence-corrected chi connectivity index (χ2v) is 4.06. The maximum absolute atomic E-state index is 12.9. The van der Waals surface area contributed by atoms with Crippen molar-refractivity contribution in [2.45, 2.75) is 35.8 Å². The van der Waals surface area contributed by atoms with Gasteiger partial charge in [-0.15, -0.1) is 0 Å². The van der Waals surface area contributed by atoms with Gasteiger partial charge in [0.1, 0.15) is 5.57 Å². The molecule has 0 fully saturated rings. The van der Waals surface area contributed by atoms with Gasteiger partial charge in [0.25, 0.3) is 0 Å². The summed E-state index contributed by atoms with van der Waals surface area (Å²) in [7, 11) is 0. The molecule has 1 rings (SSSR count). The second-order valence-electron chi connectivity index (χ2n) is 4.06. The summed E-state index contributed by atoms with van der Waals surface area (Å²) >= 11 is 0. The molecule has 0 aromatic rings. The molecule has 0 aromatic carbocycles. The van der Waals surface area contributed by atoms with Gasteiger partial charge in [-0.05, 0) is 0 Å². The van der Waals surface area contributed by atoms with Crippen LogP contribution in [0.3, 0.4) is 0 Å². The first-order valence-electron chi connectivity index (χ1n) is 4.65. The first-order valence-corrected chi connectivity index (χ1v) is 4.65. The molecule has 0 aromatic heterocycles. The summed E-state index contributed by atoms with van der Waals surface area (Å²) in [6, 6.07) is 0. The fourth-order valence-corrected chi connectivity index (χ4v) is 1.46. The number of rotatable bonds is 1. The van der Waals surface area contributed by atoms with E-state index >= 15 is 0 Å². The molecule has 14 heteroatoms. The van der Waals surface area contributed by atoms with Crippen LogP contribution in [0.1, 0.15) is 0 Å². The molecule has 22 heavy (non-hydrogen) atoms. The van der Waals surface area contributed by atoms with Gasteiger partial charge in [-0.25, -0.2) is 4.39 Å². The Bertz CT molecular complexity index is 505. The summed E-state index contributed by atoms with van der Waals surface area (Å²) in [6.45, 7) is 0. The average molecular weight is 362 g/mol. The summed E-state index contributed by atoms with van der Waals surface area (Å²) in [4.78, 5) is 0. The maximum atomic E-state index is 12.9. The Morgan fingerprint density at radius 2 is 0.909 bits per heavy atom. The molecule has 0 aliphatic heterocycles. The molecule has 0 saturated heterocycles. The monoisotopic (exact) mass is 362 g/mol. The van der Waals surface area contributed by atoms with E-state index in [2.05, 4.69) is 0 Å². The average Bonchev–Trinajstić information content (AvgIpc) is 2.24. The molecule has 0 unspecified atom stereocenters. The third-order valence-electron chi connectivity index (χ3n) is 2.66. The van der Waals surface area contributed by atoms with Gasteiger partial charge in [0.15, 0.2) is 5.83 Å². The minimum absolute atomic E-state index is 4.67. The van der Waals surface area contributed by atoms with Gasteiger partial charge in [-0.3, -0.25) is 0 Å². The Balaban J connectivity index is 3.91. The third kappa shape index (κ3) is 1.84. The van der Waals surface area contributed by atoms with E-state index in [-0.39, 0.29) is 0 Å². The van der Waals surface area contributed by atoms with E-state index in [0.717, 1.165) is 0 Å². The molecular formula is C8F14. The van der Waals surface area contributed by atoms with Crippen molar-refractivity contribution in [1.82, 2.24) is 0 Å². The molecule has 1 aliphatic rings. The molecule has 130 valence electrons. The van der Waals surface area contributed by atoms with Crippen LogP contribution in [0.4, 0.5) is 61.5 Å². The summed E-state index contributed by atoms with van der Waals surface area (Å²) in [5.41, 5.74) is -4.76. The maximum Gasteiger partial charge on any atom is 0.458 e. The van der Waals surface area contributed by atoms with Gasteiger partial charge in [-0.1, -0.05) is 0 Å². The Kier molecular flexibility index (Phi) is 3.58. The van der Waals surface area contributed by atoms with Gasteiger partial charge in [0.2, 0.25) is 0 Å². The highest BCUT2D eigenvalue weighted by Gasteiger charge is 2.90. The van der Waals surface area contributed by atoms with Gasteiger partial charge in [0.05, 0.1) is 0 Å². The van der Waals surface area contributed by atoms with Gasteiger partial charge < -0.3 is 0 Å². The van der Waals surface area contributed by atoms with Crippen molar-refractivity contribution >= 4 is 0 Å². The van der Waals surface area contributed by atoms with E-state index < -0.39 is 47.2 Å². The van der Waals surface area contributed by atoms with Crippen molar-refractivity contribution in [3.63, 3.8) is 0 Å². The zero-order valence-electron chi connectivity index (χ0n) is 9.29. The van der Waals surface area contributed by atoms with E-state index in [1.807, 2.05) is 0 Å². The quantitative estimate of drug-likeness (QED) is 0.579. The molecule has 0 spiro atoms. The lowest BCUT2D eigenvalue weighted by Gasteiger charge is -2.43. The molecule has 0 atom stereocenters. The molecule has 0 saturated carbocycles. The molecule has 0 radical (unpaired) electrons. The van der Waals surface area contributed by atoms with Crippen LogP contribution in [0, 0.1) is 0 Å². The van der Waals surface area contributed by atoms with Crippen LogP contribution in [0.25, 0.3) is 0 Å². The summed E-state index contributed by atoms with van der Waals surface area (Å²) < 4.78 is 176. The highest BCUT2D eigenvalue weighted by molar-refractivity contribution is 5.40. The van der Waals surface area contributed by atoms with Gasteiger partial charge >= 0.3 is 35.8 Å². The van der Waals surface area contributed by atoms with Crippen LogP contribution in [0.15, 0.2) is 11.4 Å². The molecule has 0 heterocycles. The molecule has 0 N–H and O–H groups in total. The number of halogens is 14. The lowest BCUT2D eigenvalue weighted by Crippen LogP contribution is -2.69. The topological polar surface area (TPSA) is 0 Å². The van der Waals surface area contributed by atoms with Crippen LogP contribution in [0.2, 0.25) is 0 Å². The van der Waals surface area contributed by atoms with Crippen molar-refractivity contribution in [2.24, 2.45) is 0 Å². The Hall–Kier alpha value is -1.24. The number of alkyl halides is 13. The summed E-state index contributed by atoms with van der Waals surface area (Å²) in [5, 5.41) is 0. The van der Waals surface area contributed by atoms with Crippen LogP contribution in [0.5, 0.6) is 0 Å². The molecule has 0 amide bonds. The molecule has 1 aliphatic carbocycles. The van der Waals surface area contributed by atoms with E-state index in [1.54, 1.807) is 0 Å². The Labute approximate surface area is 110 Å². The van der Waals surface area contributed by atoms with Crippen LogP contribution >= 0.6 is 0 Å². The molecule has 0 bridgehead atoms. The highest BCUT2D eigenvalue weighted by Crippen LogP contribution is 2.65. The highest BCUT2D eigenvalue weighted by atomic mass is 19.4. The fourth-order valence-electron chi connectivity index (χ4n) is 1.46. The van der Waals surface area contributed by atoms with Crippen LogP contribution < -0.4 is 0 Å². The SMILES string of the molecule is FC1=C(C(F)(F)C(F)(F)F)C(F)(F)C(F)(F)C(F)(F)C1(F)F. The number of allylic oxidation sites excluding steroid dienone is 2. The minimum Gasteiger partial charge on any atom is -0.204 e. The normalized spacial score (nSPS) is 27.0. The predicted octanol–water partition coefficient (Wildman–Crippen LogP) is 4.96. The lowest BCUT2D eigenvalue weighted by molar-refractivity contribution is -0.376. The first kappa shape index (κ1) is 18.8. The van der Waals surface area contributed by atoms with Gasteiger partial charge in [-0.2, -0.15) is 57.1 Å². The van der Waals surface area contributed by atoms with Gasteiger partial charge in [0, 0.05) is 0 Å². The standard InChI is InChI=1S/C8F14/c9-2-1(4(12,13)8(20,21)22)3(10,11)6(16,17)7(18,19)5(2,14)15. The van der Waals surface area contributed by atoms with E-state index in [1.165, 1.54) is 0 Å². The third-order valence-corrected chi connectivity index (χ3v) is 2.66. The van der Waals surface area contributed by atoms with E-state index in [0.29, 0.717) is 0 Å². The second kappa shape index (κ2) is 4.19. The Morgan fingerprint density at radius 1 is 0.591 bits per heavy atom. The van der Waals surface area contributed by atoms with Crippen LogP contribution in [-0.2, 0) is 0 Å².